The molecule has 2 rings (SSSR count). The zero-order valence-electron chi connectivity index (χ0n) is 10.2. The van der Waals surface area contributed by atoms with Crippen LogP contribution in [0.5, 0.6) is 0 Å². The fraction of sp³-hybridized carbons (Fsp3) is 0.636. The van der Waals surface area contributed by atoms with Crippen LogP contribution < -0.4 is 10.6 Å². The largest absolute Gasteiger partial charge is 0.381 e. The summed E-state index contributed by atoms with van der Waals surface area (Å²) in [6, 6.07) is 1.64. The SMILES string of the molecule is Cc1cc(NC(=O)NCC2CCOC2)n(C)n1. The number of carbonyl (C=O) groups excluding carboxylic acids is 1. The van der Waals surface area contributed by atoms with Crippen LogP contribution in [0.15, 0.2) is 6.07 Å². The summed E-state index contributed by atoms with van der Waals surface area (Å²) in [5.74, 6) is 1.14. The van der Waals surface area contributed by atoms with E-state index in [0.717, 1.165) is 25.3 Å². The second-order valence-electron chi connectivity index (χ2n) is 4.36. The van der Waals surface area contributed by atoms with Gasteiger partial charge >= 0.3 is 6.03 Å². The molecule has 6 nitrogen and oxygen atoms in total. The monoisotopic (exact) mass is 238 g/mol. The Hall–Kier alpha value is -1.56. The third kappa shape index (κ3) is 3.20. The predicted molar refractivity (Wildman–Crippen MR) is 63.9 cm³/mol. The average molecular weight is 238 g/mol. The molecule has 0 aliphatic carbocycles. The van der Waals surface area contributed by atoms with Crippen molar-refractivity contribution in [1.29, 1.82) is 0 Å². The Balaban J connectivity index is 1.78. The lowest BCUT2D eigenvalue weighted by Gasteiger charge is -2.10. The van der Waals surface area contributed by atoms with E-state index in [9.17, 15) is 4.79 Å². The van der Waals surface area contributed by atoms with Crippen molar-refractivity contribution >= 4 is 11.8 Å². The van der Waals surface area contributed by atoms with Crippen LogP contribution in [0.25, 0.3) is 0 Å². The lowest BCUT2D eigenvalue weighted by molar-refractivity contribution is 0.185. The molecule has 1 aliphatic rings. The summed E-state index contributed by atoms with van der Waals surface area (Å²) in [4.78, 5) is 11.6. The van der Waals surface area contributed by atoms with Gasteiger partial charge in [0, 0.05) is 32.2 Å². The molecule has 1 atom stereocenters. The van der Waals surface area contributed by atoms with Crippen LogP contribution >= 0.6 is 0 Å². The molecule has 0 saturated carbocycles. The highest BCUT2D eigenvalue weighted by Crippen LogP contribution is 2.11. The van der Waals surface area contributed by atoms with Crippen LogP contribution in [0.2, 0.25) is 0 Å². The van der Waals surface area contributed by atoms with Crippen molar-refractivity contribution in [2.45, 2.75) is 13.3 Å². The van der Waals surface area contributed by atoms with E-state index in [4.69, 9.17) is 4.74 Å². The number of aromatic nitrogens is 2. The Morgan fingerprint density at radius 1 is 1.71 bits per heavy atom. The zero-order chi connectivity index (χ0) is 12.3. The first-order valence-electron chi connectivity index (χ1n) is 5.78. The van der Waals surface area contributed by atoms with E-state index in [1.54, 1.807) is 11.7 Å². The molecule has 94 valence electrons. The summed E-state index contributed by atoms with van der Waals surface area (Å²) in [6.07, 6.45) is 1.02. The Kier molecular flexibility index (Phi) is 3.63. The predicted octanol–water partition coefficient (Wildman–Crippen LogP) is 0.887. The second-order valence-corrected chi connectivity index (χ2v) is 4.36. The van der Waals surface area contributed by atoms with Gasteiger partial charge in [0.25, 0.3) is 0 Å². The molecule has 1 unspecified atom stereocenters. The minimum Gasteiger partial charge on any atom is -0.381 e. The molecule has 2 N–H and O–H groups in total. The van der Waals surface area contributed by atoms with Crippen LogP contribution in [0.1, 0.15) is 12.1 Å². The number of urea groups is 1. The van der Waals surface area contributed by atoms with Gasteiger partial charge in [-0.1, -0.05) is 0 Å². The van der Waals surface area contributed by atoms with Gasteiger partial charge in [0.2, 0.25) is 0 Å². The van der Waals surface area contributed by atoms with Crippen molar-refractivity contribution in [2.75, 3.05) is 25.1 Å². The highest BCUT2D eigenvalue weighted by Gasteiger charge is 2.16. The van der Waals surface area contributed by atoms with E-state index in [-0.39, 0.29) is 6.03 Å². The maximum absolute atomic E-state index is 11.6. The molecule has 0 aromatic carbocycles. The quantitative estimate of drug-likeness (QED) is 0.821. The third-order valence-electron chi connectivity index (χ3n) is 2.82. The van der Waals surface area contributed by atoms with Crippen LogP contribution in [0.4, 0.5) is 10.6 Å². The Bertz CT molecular complexity index is 396. The highest BCUT2D eigenvalue weighted by molar-refractivity contribution is 5.88. The summed E-state index contributed by atoms with van der Waals surface area (Å²) in [6.45, 7) is 4.08. The van der Waals surface area contributed by atoms with Crippen molar-refractivity contribution in [1.82, 2.24) is 15.1 Å². The second kappa shape index (κ2) is 5.18. The molecule has 1 aliphatic heterocycles. The van der Waals surface area contributed by atoms with Gasteiger partial charge in [-0.15, -0.1) is 0 Å². The Labute approximate surface area is 100 Å². The van der Waals surface area contributed by atoms with Crippen LogP contribution in [-0.4, -0.2) is 35.6 Å². The number of nitrogens with one attached hydrogen (secondary N) is 2. The Morgan fingerprint density at radius 2 is 2.53 bits per heavy atom. The van der Waals surface area contributed by atoms with Crippen LogP contribution in [-0.2, 0) is 11.8 Å². The first-order chi connectivity index (χ1) is 8.15. The molecule has 0 spiro atoms. The van der Waals surface area contributed by atoms with Gasteiger partial charge in [0.15, 0.2) is 0 Å². The first-order valence-corrected chi connectivity index (χ1v) is 5.78. The number of hydrogen-bond acceptors (Lipinski definition) is 3. The number of rotatable bonds is 3. The summed E-state index contributed by atoms with van der Waals surface area (Å²) in [5.41, 5.74) is 0.881. The normalized spacial score (nSPS) is 19.3. The van der Waals surface area contributed by atoms with Gasteiger partial charge in [-0.25, -0.2) is 4.79 Å². The molecule has 1 fully saturated rings. The lowest BCUT2D eigenvalue weighted by Crippen LogP contribution is -2.33. The minimum atomic E-state index is -0.195. The van der Waals surface area contributed by atoms with E-state index in [2.05, 4.69) is 15.7 Å². The van der Waals surface area contributed by atoms with Crippen molar-refractivity contribution in [2.24, 2.45) is 13.0 Å². The molecule has 6 heteroatoms. The molecule has 2 amide bonds. The van der Waals surface area contributed by atoms with E-state index in [0.29, 0.717) is 18.3 Å². The van der Waals surface area contributed by atoms with E-state index < -0.39 is 0 Å². The molecule has 0 bridgehead atoms. The van der Waals surface area contributed by atoms with E-state index >= 15 is 0 Å². The van der Waals surface area contributed by atoms with Crippen molar-refractivity contribution in [3.8, 4) is 0 Å². The standard InChI is InChI=1S/C11H18N4O2/c1-8-5-10(15(2)14-8)13-11(16)12-6-9-3-4-17-7-9/h5,9H,3-4,6-7H2,1-2H3,(H2,12,13,16). The molecular weight excluding hydrogens is 220 g/mol. The highest BCUT2D eigenvalue weighted by atomic mass is 16.5. The minimum absolute atomic E-state index is 0.195. The molecule has 1 aromatic rings. The fourth-order valence-corrected chi connectivity index (χ4v) is 1.87. The summed E-state index contributed by atoms with van der Waals surface area (Å²) >= 11 is 0. The van der Waals surface area contributed by atoms with Gasteiger partial charge in [0.05, 0.1) is 12.3 Å². The number of anilines is 1. The number of nitrogens with zero attached hydrogens (tertiary/aromatic N) is 2. The molecule has 17 heavy (non-hydrogen) atoms. The summed E-state index contributed by atoms with van der Waals surface area (Å²) in [7, 11) is 1.80. The summed E-state index contributed by atoms with van der Waals surface area (Å²) in [5, 5.41) is 9.76. The topological polar surface area (TPSA) is 68.2 Å². The number of aryl methyl sites for hydroxylation is 2. The van der Waals surface area contributed by atoms with Crippen LogP contribution in [0, 0.1) is 12.8 Å². The van der Waals surface area contributed by atoms with Crippen LogP contribution in [0.3, 0.4) is 0 Å². The zero-order valence-corrected chi connectivity index (χ0v) is 10.2. The maximum atomic E-state index is 11.6. The van der Waals surface area contributed by atoms with Gasteiger partial charge in [-0.3, -0.25) is 10.00 Å². The molecule has 2 heterocycles. The molecule has 1 saturated heterocycles. The van der Waals surface area contributed by atoms with Gasteiger partial charge < -0.3 is 10.1 Å². The van der Waals surface area contributed by atoms with Gasteiger partial charge in [0.1, 0.15) is 5.82 Å². The number of ether oxygens (including phenoxy) is 1. The van der Waals surface area contributed by atoms with E-state index in [1.807, 2.05) is 13.0 Å². The number of carbonyl (C=O) groups is 1. The first kappa shape index (κ1) is 11.9. The summed E-state index contributed by atoms with van der Waals surface area (Å²) < 4.78 is 6.89. The lowest BCUT2D eigenvalue weighted by atomic mass is 10.1. The van der Waals surface area contributed by atoms with Crippen molar-refractivity contribution in [3.63, 3.8) is 0 Å². The van der Waals surface area contributed by atoms with Gasteiger partial charge in [-0.2, -0.15) is 5.10 Å². The Morgan fingerprint density at radius 3 is 3.12 bits per heavy atom. The van der Waals surface area contributed by atoms with Crippen molar-refractivity contribution in [3.05, 3.63) is 11.8 Å². The number of amides is 2. The molecule has 0 radical (unpaired) electrons. The maximum Gasteiger partial charge on any atom is 0.320 e. The van der Waals surface area contributed by atoms with Crippen molar-refractivity contribution < 1.29 is 9.53 Å². The smallest absolute Gasteiger partial charge is 0.320 e. The van der Waals surface area contributed by atoms with E-state index in [1.165, 1.54) is 0 Å². The third-order valence-corrected chi connectivity index (χ3v) is 2.82. The van der Waals surface area contributed by atoms with Gasteiger partial charge in [-0.05, 0) is 13.3 Å². The molecular formula is C11H18N4O2. The fourth-order valence-electron chi connectivity index (χ4n) is 1.87. The number of hydrogen-bond donors (Lipinski definition) is 2. The average Bonchev–Trinajstić information content (AvgIpc) is 2.87. The molecule has 1 aromatic heterocycles.